The zero-order valence-corrected chi connectivity index (χ0v) is 8.06. The number of piperidine rings is 1. The largest absolute Gasteiger partial charge is 0.317 e. The van der Waals surface area contributed by atoms with Gasteiger partial charge in [-0.3, -0.25) is 4.79 Å². The highest BCUT2D eigenvalue weighted by molar-refractivity contribution is 14.1. The van der Waals surface area contributed by atoms with Crippen LogP contribution in [0.15, 0.2) is 0 Å². The predicted octanol–water partition coefficient (Wildman–Crippen LogP) is 1.34. The molecule has 0 aromatic carbocycles. The van der Waals surface area contributed by atoms with Crippen molar-refractivity contribution in [3.63, 3.8) is 0 Å². The van der Waals surface area contributed by atoms with Crippen molar-refractivity contribution in [3.05, 3.63) is 0 Å². The second-order valence-electron chi connectivity index (χ2n) is 2.75. The summed E-state index contributed by atoms with van der Waals surface area (Å²) in [5.41, 5.74) is 0. The SMILES string of the molecule is O=C(I)CC1CCNCC1. The van der Waals surface area contributed by atoms with Gasteiger partial charge in [-0.25, -0.2) is 0 Å². The van der Waals surface area contributed by atoms with Gasteiger partial charge in [-0.05, 0) is 54.4 Å². The molecule has 0 amide bonds. The molecule has 0 aromatic rings. The first kappa shape index (κ1) is 8.46. The average Bonchev–Trinajstić information content (AvgIpc) is 1.88. The standard InChI is InChI=1S/C7H12INO/c8-7(10)5-6-1-3-9-4-2-6/h6,9H,1-5H2. The van der Waals surface area contributed by atoms with Gasteiger partial charge in [0.15, 0.2) is 3.79 Å². The molecular formula is C7H12INO. The van der Waals surface area contributed by atoms with Gasteiger partial charge in [-0.2, -0.15) is 0 Å². The van der Waals surface area contributed by atoms with E-state index in [2.05, 4.69) is 5.32 Å². The van der Waals surface area contributed by atoms with E-state index in [1.165, 1.54) is 12.8 Å². The zero-order valence-electron chi connectivity index (χ0n) is 5.90. The van der Waals surface area contributed by atoms with Gasteiger partial charge in [0, 0.05) is 6.42 Å². The summed E-state index contributed by atoms with van der Waals surface area (Å²) in [5.74, 6) is 0.658. The van der Waals surface area contributed by atoms with Crippen LogP contribution in [0.2, 0.25) is 0 Å². The van der Waals surface area contributed by atoms with Crippen molar-refractivity contribution in [3.8, 4) is 0 Å². The Hall–Kier alpha value is 0.360. The minimum absolute atomic E-state index is 0.310. The second-order valence-corrected chi connectivity index (χ2v) is 3.96. The van der Waals surface area contributed by atoms with Crippen molar-refractivity contribution in [1.82, 2.24) is 5.32 Å². The van der Waals surface area contributed by atoms with Gasteiger partial charge < -0.3 is 5.32 Å². The van der Waals surface area contributed by atoms with Gasteiger partial charge in [0.05, 0.1) is 0 Å². The molecule has 0 bridgehead atoms. The van der Waals surface area contributed by atoms with Crippen LogP contribution in [-0.4, -0.2) is 16.9 Å². The summed E-state index contributed by atoms with van der Waals surface area (Å²) in [5, 5.41) is 3.27. The Morgan fingerprint density at radius 2 is 2.10 bits per heavy atom. The third kappa shape index (κ3) is 2.96. The number of rotatable bonds is 2. The number of hydrogen-bond acceptors (Lipinski definition) is 2. The van der Waals surface area contributed by atoms with E-state index >= 15 is 0 Å². The van der Waals surface area contributed by atoms with E-state index in [9.17, 15) is 4.79 Å². The fraction of sp³-hybridized carbons (Fsp3) is 0.857. The minimum Gasteiger partial charge on any atom is -0.317 e. The number of hydrogen-bond donors (Lipinski definition) is 1. The van der Waals surface area contributed by atoms with E-state index in [0.717, 1.165) is 19.5 Å². The van der Waals surface area contributed by atoms with Crippen LogP contribution in [0.5, 0.6) is 0 Å². The molecule has 1 aliphatic heterocycles. The lowest BCUT2D eigenvalue weighted by atomic mass is 9.96. The molecule has 0 aliphatic carbocycles. The Kier molecular flexibility index (Phi) is 3.62. The summed E-state index contributed by atoms with van der Waals surface area (Å²) >= 11 is 1.89. The molecule has 58 valence electrons. The lowest BCUT2D eigenvalue weighted by Crippen LogP contribution is -2.28. The van der Waals surface area contributed by atoms with E-state index < -0.39 is 0 Å². The third-order valence-electron chi connectivity index (χ3n) is 1.91. The van der Waals surface area contributed by atoms with Crippen LogP contribution in [0.1, 0.15) is 19.3 Å². The summed E-state index contributed by atoms with van der Waals surface area (Å²) in [6, 6.07) is 0. The maximum Gasteiger partial charge on any atom is 0.192 e. The molecule has 1 saturated heterocycles. The van der Waals surface area contributed by atoms with Gasteiger partial charge in [0.2, 0.25) is 0 Å². The maximum atomic E-state index is 10.7. The van der Waals surface area contributed by atoms with E-state index in [1.54, 1.807) is 0 Å². The lowest BCUT2D eigenvalue weighted by molar-refractivity contribution is -0.110. The van der Waals surface area contributed by atoms with Crippen LogP contribution < -0.4 is 5.32 Å². The molecule has 0 atom stereocenters. The van der Waals surface area contributed by atoms with Crippen LogP contribution in [-0.2, 0) is 4.79 Å². The van der Waals surface area contributed by atoms with Crippen molar-refractivity contribution >= 4 is 26.4 Å². The van der Waals surface area contributed by atoms with E-state index in [1.807, 2.05) is 22.6 Å². The van der Waals surface area contributed by atoms with Gasteiger partial charge in [-0.1, -0.05) is 0 Å². The first-order valence-electron chi connectivity index (χ1n) is 3.68. The zero-order chi connectivity index (χ0) is 7.40. The van der Waals surface area contributed by atoms with Crippen LogP contribution in [0.4, 0.5) is 0 Å². The highest BCUT2D eigenvalue weighted by Gasteiger charge is 2.14. The van der Waals surface area contributed by atoms with Gasteiger partial charge in [-0.15, -0.1) is 0 Å². The Balaban J connectivity index is 2.19. The molecule has 0 saturated carbocycles. The summed E-state index contributed by atoms with van der Waals surface area (Å²) in [6.45, 7) is 2.18. The maximum absolute atomic E-state index is 10.7. The Morgan fingerprint density at radius 3 is 2.60 bits per heavy atom. The molecule has 0 radical (unpaired) electrons. The number of halogens is 1. The molecule has 1 fully saturated rings. The summed E-state index contributed by atoms with van der Waals surface area (Å²) in [7, 11) is 0. The quantitative estimate of drug-likeness (QED) is 0.594. The monoisotopic (exact) mass is 253 g/mol. The van der Waals surface area contributed by atoms with Crippen LogP contribution in [0.3, 0.4) is 0 Å². The Bertz CT molecular complexity index is 121. The predicted molar refractivity (Wildman–Crippen MR) is 49.2 cm³/mol. The molecule has 0 unspecified atom stereocenters. The van der Waals surface area contributed by atoms with Crippen LogP contribution >= 0.6 is 22.6 Å². The first-order valence-corrected chi connectivity index (χ1v) is 4.76. The smallest absolute Gasteiger partial charge is 0.192 e. The van der Waals surface area contributed by atoms with E-state index in [-0.39, 0.29) is 0 Å². The molecule has 1 N–H and O–H groups in total. The third-order valence-corrected chi connectivity index (χ3v) is 2.35. The Morgan fingerprint density at radius 1 is 1.50 bits per heavy atom. The molecule has 3 heteroatoms. The summed E-state index contributed by atoms with van der Waals surface area (Å²) in [4.78, 5) is 10.7. The van der Waals surface area contributed by atoms with E-state index in [4.69, 9.17) is 0 Å². The molecule has 1 aliphatic rings. The van der Waals surface area contributed by atoms with Crippen molar-refractivity contribution < 1.29 is 4.79 Å². The minimum atomic E-state index is 0.310. The lowest BCUT2D eigenvalue weighted by Gasteiger charge is -2.20. The molecule has 0 spiro atoms. The highest BCUT2D eigenvalue weighted by atomic mass is 127. The molecule has 0 aromatic heterocycles. The van der Waals surface area contributed by atoms with Crippen molar-refractivity contribution in [2.24, 2.45) is 5.92 Å². The van der Waals surface area contributed by atoms with Crippen molar-refractivity contribution in [2.45, 2.75) is 19.3 Å². The van der Waals surface area contributed by atoms with Crippen LogP contribution in [0.25, 0.3) is 0 Å². The average molecular weight is 253 g/mol. The molecule has 2 nitrogen and oxygen atoms in total. The molecule has 1 rings (SSSR count). The molecule has 10 heavy (non-hydrogen) atoms. The second kappa shape index (κ2) is 4.28. The first-order chi connectivity index (χ1) is 4.79. The topological polar surface area (TPSA) is 29.1 Å². The summed E-state index contributed by atoms with van der Waals surface area (Å²) in [6.07, 6.45) is 3.13. The molecular weight excluding hydrogens is 241 g/mol. The van der Waals surface area contributed by atoms with E-state index in [0.29, 0.717) is 9.71 Å². The number of carbonyl (C=O) groups is 1. The fourth-order valence-corrected chi connectivity index (χ4v) is 1.94. The van der Waals surface area contributed by atoms with Gasteiger partial charge in [0.25, 0.3) is 0 Å². The summed E-state index contributed by atoms with van der Waals surface area (Å²) < 4.78 is 0.310. The normalized spacial score (nSPS) is 20.9. The number of carbonyl (C=O) groups excluding carboxylic acids is 1. The van der Waals surface area contributed by atoms with Crippen molar-refractivity contribution in [1.29, 1.82) is 0 Å². The number of nitrogens with one attached hydrogen (secondary N) is 1. The van der Waals surface area contributed by atoms with Crippen LogP contribution in [0, 0.1) is 5.92 Å². The highest BCUT2D eigenvalue weighted by Crippen LogP contribution is 2.17. The molecule has 1 heterocycles. The van der Waals surface area contributed by atoms with Crippen molar-refractivity contribution in [2.75, 3.05) is 13.1 Å². The van der Waals surface area contributed by atoms with Gasteiger partial charge in [0.1, 0.15) is 0 Å². The van der Waals surface area contributed by atoms with Gasteiger partial charge >= 0.3 is 0 Å². The fourth-order valence-electron chi connectivity index (χ4n) is 1.31. The Labute approximate surface area is 74.9 Å².